The van der Waals surface area contributed by atoms with E-state index in [4.69, 9.17) is 27.9 Å². The van der Waals surface area contributed by atoms with Gasteiger partial charge in [0.15, 0.2) is 0 Å². The Hall–Kier alpha value is -1.59. The molecule has 6 heteroatoms. The predicted octanol–water partition coefficient (Wildman–Crippen LogP) is 6.81. The molecule has 3 aromatic carbocycles. The molecule has 28 heavy (non-hydrogen) atoms. The summed E-state index contributed by atoms with van der Waals surface area (Å²) >= 11 is 15.6. The molecule has 0 aliphatic carbocycles. The summed E-state index contributed by atoms with van der Waals surface area (Å²) in [4.78, 5) is 0. The summed E-state index contributed by atoms with van der Waals surface area (Å²) in [5.74, 6) is 0.461. The van der Waals surface area contributed by atoms with Crippen LogP contribution in [0.2, 0.25) is 10.0 Å². The molecule has 0 aromatic heterocycles. The SMILES string of the molecule is Fc1ccccc1COc1ccc(Br)cc1CNCCc1ccc(Cl)cc1Cl. The van der Waals surface area contributed by atoms with E-state index in [1.807, 2.05) is 30.3 Å². The molecule has 0 saturated heterocycles. The van der Waals surface area contributed by atoms with Crippen LogP contribution in [0.5, 0.6) is 5.75 Å². The summed E-state index contributed by atoms with van der Waals surface area (Å²) < 4.78 is 20.6. The van der Waals surface area contributed by atoms with Gasteiger partial charge in [-0.1, -0.05) is 63.4 Å². The van der Waals surface area contributed by atoms with Gasteiger partial charge in [0.05, 0.1) is 0 Å². The molecule has 0 spiro atoms. The second-order valence-corrected chi connectivity index (χ2v) is 8.05. The molecule has 0 heterocycles. The van der Waals surface area contributed by atoms with Gasteiger partial charge < -0.3 is 10.1 Å². The van der Waals surface area contributed by atoms with Gasteiger partial charge in [-0.3, -0.25) is 0 Å². The summed E-state index contributed by atoms with van der Waals surface area (Å²) in [6, 6.07) is 18.0. The quantitative estimate of drug-likeness (QED) is 0.356. The molecule has 1 N–H and O–H groups in total. The third-order valence-corrected chi connectivity index (χ3v) is 5.35. The molecule has 0 aliphatic rings. The van der Waals surface area contributed by atoms with Gasteiger partial charge in [-0.05, 0) is 54.9 Å². The van der Waals surface area contributed by atoms with E-state index in [-0.39, 0.29) is 12.4 Å². The van der Waals surface area contributed by atoms with E-state index in [1.54, 1.807) is 24.3 Å². The van der Waals surface area contributed by atoms with Crippen LogP contribution in [0.25, 0.3) is 0 Å². The molecule has 0 aliphatic heterocycles. The fourth-order valence-corrected chi connectivity index (χ4v) is 3.68. The Morgan fingerprint density at radius 3 is 2.54 bits per heavy atom. The Morgan fingerprint density at radius 2 is 1.75 bits per heavy atom. The Balaban J connectivity index is 1.58. The lowest BCUT2D eigenvalue weighted by atomic mass is 10.1. The average molecular weight is 483 g/mol. The molecule has 0 saturated carbocycles. The van der Waals surface area contributed by atoms with Crippen LogP contribution in [0, 0.1) is 5.82 Å². The van der Waals surface area contributed by atoms with Crippen molar-refractivity contribution in [3.05, 3.63) is 97.7 Å². The molecule has 0 amide bonds. The van der Waals surface area contributed by atoms with Gasteiger partial charge in [0.2, 0.25) is 0 Å². The fourth-order valence-electron chi connectivity index (χ4n) is 2.77. The third kappa shape index (κ3) is 5.95. The first-order chi connectivity index (χ1) is 13.5. The van der Waals surface area contributed by atoms with Crippen molar-refractivity contribution < 1.29 is 9.13 Å². The number of ether oxygens (including phenoxy) is 1. The number of hydrogen-bond donors (Lipinski definition) is 1. The maximum absolute atomic E-state index is 13.8. The van der Waals surface area contributed by atoms with E-state index in [0.29, 0.717) is 22.2 Å². The Morgan fingerprint density at radius 1 is 0.929 bits per heavy atom. The number of nitrogens with one attached hydrogen (secondary N) is 1. The fraction of sp³-hybridized carbons (Fsp3) is 0.182. The molecule has 0 unspecified atom stereocenters. The second kappa shape index (κ2) is 10.3. The summed E-state index contributed by atoms with van der Waals surface area (Å²) in [6.45, 7) is 1.56. The van der Waals surface area contributed by atoms with Crippen LogP contribution in [0.3, 0.4) is 0 Å². The van der Waals surface area contributed by atoms with Gasteiger partial charge in [0.25, 0.3) is 0 Å². The Labute approximate surface area is 182 Å². The highest BCUT2D eigenvalue weighted by atomic mass is 79.9. The maximum atomic E-state index is 13.8. The molecule has 146 valence electrons. The Kier molecular flexibility index (Phi) is 7.74. The lowest BCUT2D eigenvalue weighted by Crippen LogP contribution is -2.17. The normalized spacial score (nSPS) is 10.9. The van der Waals surface area contributed by atoms with Crippen LogP contribution in [-0.2, 0) is 19.6 Å². The van der Waals surface area contributed by atoms with Gasteiger partial charge in [0, 0.05) is 32.2 Å². The molecule has 3 rings (SSSR count). The van der Waals surface area contributed by atoms with Crippen molar-refractivity contribution in [3.63, 3.8) is 0 Å². The van der Waals surface area contributed by atoms with Gasteiger partial charge in [-0.15, -0.1) is 0 Å². The topological polar surface area (TPSA) is 21.3 Å². The molecular weight excluding hydrogens is 464 g/mol. The zero-order chi connectivity index (χ0) is 19.9. The summed E-state index contributed by atoms with van der Waals surface area (Å²) in [6.07, 6.45) is 0.787. The number of benzene rings is 3. The average Bonchev–Trinajstić information content (AvgIpc) is 2.67. The van der Waals surface area contributed by atoms with E-state index >= 15 is 0 Å². The van der Waals surface area contributed by atoms with Gasteiger partial charge in [-0.2, -0.15) is 0 Å². The first-order valence-corrected chi connectivity index (χ1v) is 10.4. The van der Waals surface area contributed by atoms with E-state index in [9.17, 15) is 4.39 Å². The first kappa shape index (κ1) is 21.1. The van der Waals surface area contributed by atoms with Crippen molar-refractivity contribution in [2.45, 2.75) is 19.6 Å². The van der Waals surface area contributed by atoms with Crippen molar-refractivity contribution in [1.82, 2.24) is 5.32 Å². The monoisotopic (exact) mass is 481 g/mol. The van der Waals surface area contributed by atoms with Crippen LogP contribution >= 0.6 is 39.1 Å². The molecule has 0 atom stereocenters. The highest BCUT2D eigenvalue weighted by molar-refractivity contribution is 9.10. The van der Waals surface area contributed by atoms with Crippen LogP contribution in [0.4, 0.5) is 4.39 Å². The van der Waals surface area contributed by atoms with Crippen molar-refractivity contribution in [2.75, 3.05) is 6.54 Å². The zero-order valence-electron chi connectivity index (χ0n) is 15.0. The lowest BCUT2D eigenvalue weighted by molar-refractivity contribution is 0.296. The standard InChI is InChI=1S/C22H19BrCl2FNO/c23-18-6-8-22(28-14-16-3-1-2-4-21(16)26)17(11-18)13-27-10-9-15-5-7-19(24)12-20(15)25/h1-8,11-12,27H,9-10,13-14H2. The second-order valence-electron chi connectivity index (χ2n) is 6.29. The van der Waals surface area contributed by atoms with Crippen molar-refractivity contribution in [1.29, 1.82) is 0 Å². The molecule has 0 radical (unpaired) electrons. The van der Waals surface area contributed by atoms with Gasteiger partial charge in [-0.25, -0.2) is 4.39 Å². The number of rotatable bonds is 8. The molecule has 0 bridgehead atoms. The smallest absolute Gasteiger partial charge is 0.129 e. The van der Waals surface area contributed by atoms with E-state index in [1.165, 1.54) is 6.07 Å². The first-order valence-electron chi connectivity index (χ1n) is 8.82. The number of halogens is 4. The van der Waals surface area contributed by atoms with Crippen molar-refractivity contribution >= 4 is 39.1 Å². The van der Waals surface area contributed by atoms with Crippen LogP contribution in [0.1, 0.15) is 16.7 Å². The largest absolute Gasteiger partial charge is 0.488 e. The van der Waals surface area contributed by atoms with Crippen LogP contribution in [0.15, 0.2) is 65.1 Å². The minimum Gasteiger partial charge on any atom is -0.488 e. The predicted molar refractivity (Wildman–Crippen MR) is 117 cm³/mol. The minimum absolute atomic E-state index is 0.182. The highest BCUT2D eigenvalue weighted by Gasteiger charge is 2.08. The maximum Gasteiger partial charge on any atom is 0.129 e. The zero-order valence-corrected chi connectivity index (χ0v) is 18.1. The van der Waals surface area contributed by atoms with Crippen molar-refractivity contribution in [2.24, 2.45) is 0 Å². The highest BCUT2D eigenvalue weighted by Crippen LogP contribution is 2.25. The van der Waals surface area contributed by atoms with E-state index in [2.05, 4.69) is 21.2 Å². The molecule has 2 nitrogen and oxygen atoms in total. The summed E-state index contributed by atoms with van der Waals surface area (Å²) in [7, 11) is 0. The lowest BCUT2D eigenvalue weighted by Gasteiger charge is -2.14. The minimum atomic E-state index is -0.265. The van der Waals surface area contributed by atoms with E-state index in [0.717, 1.165) is 34.3 Å². The molecule has 0 fully saturated rings. The van der Waals surface area contributed by atoms with Gasteiger partial charge >= 0.3 is 0 Å². The van der Waals surface area contributed by atoms with Gasteiger partial charge in [0.1, 0.15) is 18.2 Å². The van der Waals surface area contributed by atoms with Crippen molar-refractivity contribution in [3.8, 4) is 5.75 Å². The summed E-state index contributed by atoms with van der Waals surface area (Å²) in [5.41, 5.74) is 2.57. The Bertz CT molecular complexity index is 952. The molecule has 3 aromatic rings. The number of hydrogen-bond acceptors (Lipinski definition) is 2. The van der Waals surface area contributed by atoms with Crippen LogP contribution in [-0.4, -0.2) is 6.54 Å². The third-order valence-electron chi connectivity index (χ3n) is 4.27. The molecular formula is C22H19BrCl2FNO. The van der Waals surface area contributed by atoms with E-state index < -0.39 is 0 Å². The summed E-state index contributed by atoms with van der Waals surface area (Å²) in [5, 5.41) is 4.71. The van der Waals surface area contributed by atoms with Crippen LogP contribution < -0.4 is 10.1 Å².